The third-order valence-corrected chi connectivity index (χ3v) is 3.23. The van der Waals surface area contributed by atoms with Gasteiger partial charge in [-0.15, -0.1) is 0 Å². The van der Waals surface area contributed by atoms with Gasteiger partial charge in [0.25, 0.3) is 0 Å². The van der Waals surface area contributed by atoms with Gasteiger partial charge in [0, 0.05) is 32.7 Å². The molecule has 1 fully saturated rings. The van der Waals surface area contributed by atoms with Crippen molar-refractivity contribution in [2.24, 2.45) is 0 Å². The summed E-state index contributed by atoms with van der Waals surface area (Å²) in [6, 6.07) is 0. The molecule has 1 aromatic heterocycles. The first kappa shape index (κ1) is 14.3. The van der Waals surface area contributed by atoms with Crippen LogP contribution in [0.15, 0.2) is 6.20 Å². The second-order valence-electron chi connectivity index (χ2n) is 5.49. The molecule has 0 unspecified atom stereocenters. The first-order valence-corrected chi connectivity index (χ1v) is 6.71. The van der Waals surface area contributed by atoms with E-state index in [4.69, 9.17) is 17.3 Å². The Hall–Kier alpha value is -1.11. The van der Waals surface area contributed by atoms with Crippen LogP contribution in [0.5, 0.6) is 0 Å². The van der Waals surface area contributed by atoms with Gasteiger partial charge in [-0.25, -0.2) is 4.98 Å². The van der Waals surface area contributed by atoms with Crippen LogP contribution in [0.3, 0.4) is 0 Å². The van der Waals surface area contributed by atoms with Crippen molar-refractivity contribution in [3.05, 3.63) is 11.5 Å². The van der Waals surface area contributed by atoms with Crippen molar-refractivity contribution in [1.82, 2.24) is 14.9 Å². The smallest absolute Gasteiger partial charge is 0.224 e. The summed E-state index contributed by atoms with van der Waals surface area (Å²) in [6.07, 6.45) is 1.54. The van der Waals surface area contributed by atoms with Gasteiger partial charge < -0.3 is 15.7 Å². The number of aromatic nitrogens is 2. The predicted molar refractivity (Wildman–Crippen MR) is 76.4 cm³/mol. The number of nitrogens with zero attached hydrogens (tertiary/aromatic N) is 4. The van der Waals surface area contributed by atoms with Crippen molar-refractivity contribution < 1.29 is 5.11 Å². The Balaban J connectivity index is 1.98. The van der Waals surface area contributed by atoms with Crippen LogP contribution in [-0.2, 0) is 0 Å². The molecule has 0 bridgehead atoms. The molecule has 0 aromatic carbocycles. The first-order valence-electron chi connectivity index (χ1n) is 6.33. The average molecular weight is 286 g/mol. The van der Waals surface area contributed by atoms with E-state index >= 15 is 0 Å². The fraction of sp³-hybridized carbons (Fsp3) is 0.667. The van der Waals surface area contributed by atoms with E-state index in [0.717, 1.165) is 26.2 Å². The molecule has 0 amide bonds. The zero-order valence-corrected chi connectivity index (χ0v) is 12.1. The van der Waals surface area contributed by atoms with Gasteiger partial charge in [0.2, 0.25) is 5.28 Å². The lowest BCUT2D eigenvalue weighted by Crippen LogP contribution is -2.50. The van der Waals surface area contributed by atoms with E-state index in [2.05, 4.69) is 19.8 Å². The normalized spacial score (nSPS) is 17.8. The van der Waals surface area contributed by atoms with Crippen LogP contribution in [0.25, 0.3) is 0 Å². The fourth-order valence-corrected chi connectivity index (χ4v) is 2.41. The van der Waals surface area contributed by atoms with E-state index in [1.54, 1.807) is 0 Å². The molecule has 0 saturated carbocycles. The number of nitrogen functional groups attached to an aromatic ring is 1. The molecule has 0 atom stereocenters. The van der Waals surface area contributed by atoms with Gasteiger partial charge in [-0.3, -0.25) is 4.90 Å². The zero-order valence-electron chi connectivity index (χ0n) is 11.3. The third kappa shape index (κ3) is 3.92. The summed E-state index contributed by atoms with van der Waals surface area (Å²) in [6.45, 7) is 7.67. The van der Waals surface area contributed by atoms with Crippen LogP contribution in [-0.4, -0.2) is 58.3 Å². The number of nitrogens with two attached hydrogens (primary N) is 1. The Morgan fingerprint density at radius 2 is 2.00 bits per heavy atom. The highest BCUT2D eigenvalue weighted by molar-refractivity contribution is 6.28. The van der Waals surface area contributed by atoms with Gasteiger partial charge in [0.1, 0.15) is 0 Å². The van der Waals surface area contributed by atoms with E-state index in [0.29, 0.717) is 18.1 Å². The molecule has 1 saturated heterocycles. The van der Waals surface area contributed by atoms with Gasteiger partial charge in [0.05, 0.1) is 17.5 Å². The van der Waals surface area contributed by atoms with E-state index in [9.17, 15) is 5.11 Å². The van der Waals surface area contributed by atoms with Crippen molar-refractivity contribution in [3.63, 3.8) is 0 Å². The number of hydrogen-bond donors (Lipinski definition) is 2. The molecule has 3 N–H and O–H groups in total. The van der Waals surface area contributed by atoms with Crippen molar-refractivity contribution >= 4 is 23.1 Å². The molecular formula is C12H20ClN5O. The summed E-state index contributed by atoms with van der Waals surface area (Å²) in [5.74, 6) is 0.697. The summed E-state index contributed by atoms with van der Waals surface area (Å²) in [5, 5.41) is 10.0. The number of piperazine rings is 1. The van der Waals surface area contributed by atoms with Gasteiger partial charge in [-0.2, -0.15) is 4.98 Å². The predicted octanol–water partition coefficient (Wildman–Crippen LogP) is 0.605. The number of β-amino-alcohol motifs (C(OH)–C–C–N with tert-alkyl or cyclic N) is 1. The average Bonchev–Trinajstić information content (AvgIpc) is 2.31. The number of aliphatic hydroxyl groups is 1. The summed E-state index contributed by atoms with van der Waals surface area (Å²) in [7, 11) is 0. The summed E-state index contributed by atoms with van der Waals surface area (Å²) in [5.41, 5.74) is 5.75. The molecular weight excluding hydrogens is 266 g/mol. The van der Waals surface area contributed by atoms with E-state index in [-0.39, 0.29) is 5.28 Å². The summed E-state index contributed by atoms with van der Waals surface area (Å²) >= 11 is 5.80. The minimum atomic E-state index is -0.667. The van der Waals surface area contributed by atoms with Crippen molar-refractivity contribution in [1.29, 1.82) is 0 Å². The third-order valence-electron chi connectivity index (χ3n) is 3.05. The van der Waals surface area contributed by atoms with Crippen LogP contribution < -0.4 is 10.6 Å². The first-order chi connectivity index (χ1) is 8.85. The maximum absolute atomic E-state index is 9.82. The molecule has 2 rings (SSSR count). The molecule has 2 heterocycles. The van der Waals surface area contributed by atoms with Crippen LogP contribution in [0.4, 0.5) is 11.5 Å². The molecule has 1 aromatic rings. The number of hydrogen-bond acceptors (Lipinski definition) is 6. The minimum absolute atomic E-state index is 0.211. The highest BCUT2D eigenvalue weighted by atomic mass is 35.5. The number of anilines is 2. The van der Waals surface area contributed by atoms with Crippen LogP contribution in [0, 0.1) is 0 Å². The highest BCUT2D eigenvalue weighted by Crippen LogP contribution is 2.22. The number of halogens is 1. The minimum Gasteiger partial charge on any atom is -0.394 e. The molecule has 106 valence electrons. The van der Waals surface area contributed by atoms with Crippen molar-refractivity contribution in [3.8, 4) is 0 Å². The van der Waals surface area contributed by atoms with Crippen molar-refractivity contribution in [2.45, 2.75) is 19.4 Å². The van der Waals surface area contributed by atoms with Crippen LogP contribution in [0.2, 0.25) is 5.28 Å². The zero-order chi connectivity index (χ0) is 14.0. The standard InChI is InChI=1S/C12H20ClN5O/c1-12(2,19)8-17-3-5-18(6-4-17)10-9(14)7-15-11(13)16-10/h7,19H,3-6,8,14H2,1-2H3. The Morgan fingerprint density at radius 3 is 2.58 bits per heavy atom. The van der Waals surface area contributed by atoms with Crippen LogP contribution >= 0.6 is 11.6 Å². The highest BCUT2D eigenvalue weighted by Gasteiger charge is 2.24. The van der Waals surface area contributed by atoms with Crippen molar-refractivity contribution in [2.75, 3.05) is 43.4 Å². The van der Waals surface area contributed by atoms with E-state index < -0.39 is 5.60 Å². The lowest BCUT2D eigenvalue weighted by Gasteiger charge is -2.38. The second kappa shape index (κ2) is 5.48. The molecule has 0 spiro atoms. The Bertz CT molecular complexity index is 440. The molecule has 19 heavy (non-hydrogen) atoms. The van der Waals surface area contributed by atoms with E-state index in [1.165, 1.54) is 6.20 Å². The molecule has 0 aliphatic carbocycles. The lowest BCUT2D eigenvalue weighted by atomic mass is 10.1. The van der Waals surface area contributed by atoms with Gasteiger partial charge >= 0.3 is 0 Å². The largest absolute Gasteiger partial charge is 0.394 e. The molecule has 1 aliphatic heterocycles. The quantitative estimate of drug-likeness (QED) is 0.792. The lowest BCUT2D eigenvalue weighted by molar-refractivity contribution is 0.0345. The van der Waals surface area contributed by atoms with Gasteiger partial charge in [-0.1, -0.05) is 0 Å². The van der Waals surface area contributed by atoms with E-state index in [1.807, 2.05) is 13.8 Å². The maximum atomic E-state index is 9.82. The molecule has 0 radical (unpaired) electrons. The monoisotopic (exact) mass is 285 g/mol. The fourth-order valence-electron chi connectivity index (χ4n) is 2.28. The summed E-state index contributed by atoms with van der Waals surface area (Å²) in [4.78, 5) is 12.4. The second-order valence-corrected chi connectivity index (χ2v) is 5.83. The Labute approximate surface area is 118 Å². The van der Waals surface area contributed by atoms with Gasteiger partial charge in [-0.05, 0) is 25.4 Å². The SMILES string of the molecule is CC(C)(O)CN1CCN(c2nc(Cl)ncc2N)CC1. The molecule has 1 aliphatic rings. The Kier molecular flexibility index (Phi) is 4.13. The van der Waals surface area contributed by atoms with Crippen LogP contribution in [0.1, 0.15) is 13.8 Å². The topological polar surface area (TPSA) is 78.5 Å². The Morgan fingerprint density at radius 1 is 1.37 bits per heavy atom. The summed E-state index contributed by atoms with van der Waals surface area (Å²) < 4.78 is 0. The molecule has 6 nitrogen and oxygen atoms in total. The number of rotatable bonds is 3. The maximum Gasteiger partial charge on any atom is 0.224 e. The molecule has 7 heteroatoms. The van der Waals surface area contributed by atoms with Gasteiger partial charge in [0.15, 0.2) is 5.82 Å².